The van der Waals surface area contributed by atoms with Crippen molar-refractivity contribution in [2.75, 3.05) is 11.5 Å². The molecule has 2 aromatic rings. The molecule has 1 heterocycles. The van der Waals surface area contributed by atoms with Gasteiger partial charge in [0.15, 0.2) is 0 Å². The van der Waals surface area contributed by atoms with Crippen LogP contribution in [-0.2, 0) is 9.84 Å². The second-order valence-electron chi connectivity index (χ2n) is 3.82. The van der Waals surface area contributed by atoms with Crippen LogP contribution in [0.15, 0.2) is 35.5 Å². The summed E-state index contributed by atoms with van der Waals surface area (Å²) in [7, 11) is -5.13. The molecule has 0 aliphatic heterocycles. The fourth-order valence-corrected chi connectivity index (χ4v) is 3.34. The van der Waals surface area contributed by atoms with Gasteiger partial charge in [-0.25, -0.2) is 8.42 Å². The number of alkyl halides is 3. The van der Waals surface area contributed by atoms with E-state index < -0.39 is 21.1 Å². The summed E-state index contributed by atoms with van der Waals surface area (Å²) in [5.41, 5.74) is -4.61. The van der Waals surface area contributed by atoms with E-state index in [-0.39, 0.29) is 10.9 Å². The molecule has 0 aliphatic carbocycles. The third-order valence-corrected chi connectivity index (χ3v) is 5.00. The van der Waals surface area contributed by atoms with Crippen LogP contribution >= 0.6 is 11.8 Å². The van der Waals surface area contributed by atoms with E-state index in [1.807, 2.05) is 0 Å². The average Bonchev–Trinajstić information content (AvgIpc) is 2.86. The molecule has 1 aromatic heterocycles. The molecule has 0 saturated carbocycles. The van der Waals surface area contributed by atoms with E-state index in [2.05, 4.69) is 15.5 Å². The van der Waals surface area contributed by atoms with Crippen molar-refractivity contribution in [3.8, 4) is 5.69 Å². The zero-order chi connectivity index (χ0) is 15.5. The van der Waals surface area contributed by atoms with Crippen LogP contribution in [0.4, 0.5) is 13.2 Å². The predicted molar refractivity (Wildman–Crippen MR) is 69.7 cm³/mol. The third-order valence-electron chi connectivity index (χ3n) is 2.38. The Hall–Kier alpha value is -1.62. The van der Waals surface area contributed by atoms with Crippen molar-refractivity contribution in [3.63, 3.8) is 0 Å². The Kier molecular flexibility index (Phi) is 4.52. The van der Waals surface area contributed by atoms with Gasteiger partial charge in [0.05, 0.1) is 11.4 Å². The number of aromatic nitrogens is 4. The smallest absolute Gasteiger partial charge is 0.220 e. The first-order chi connectivity index (χ1) is 9.81. The van der Waals surface area contributed by atoms with Crippen LogP contribution in [0, 0.1) is 0 Å². The van der Waals surface area contributed by atoms with Gasteiger partial charge in [0, 0.05) is 5.75 Å². The SMILES string of the molecule is O=S(=O)(CCSc1nnnn1-c1ccccc1)C(F)(F)F. The Bertz CT molecular complexity index is 701. The molecule has 1 aromatic carbocycles. The van der Waals surface area contributed by atoms with E-state index >= 15 is 0 Å². The van der Waals surface area contributed by atoms with Crippen molar-refractivity contribution in [2.24, 2.45) is 0 Å². The monoisotopic (exact) mass is 338 g/mol. The summed E-state index contributed by atoms with van der Waals surface area (Å²) in [4.78, 5) is 0. The molecule has 0 radical (unpaired) electrons. The lowest BCUT2D eigenvalue weighted by molar-refractivity contribution is -0.0434. The number of sulfone groups is 1. The molecule has 0 amide bonds. The number of para-hydroxylation sites is 1. The molecule has 21 heavy (non-hydrogen) atoms. The molecule has 0 saturated heterocycles. The maximum absolute atomic E-state index is 12.2. The number of hydrogen-bond donors (Lipinski definition) is 0. The first-order valence-electron chi connectivity index (χ1n) is 5.57. The second kappa shape index (κ2) is 6.02. The summed E-state index contributed by atoms with van der Waals surface area (Å²) in [6.45, 7) is 0. The second-order valence-corrected chi connectivity index (χ2v) is 6.98. The molecule has 0 aliphatic rings. The van der Waals surface area contributed by atoms with Crippen molar-refractivity contribution in [1.29, 1.82) is 0 Å². The van der Waals surface area contributed by atoms with Gasteiger partial charge in [0.2, 0.25) is 15.0 Å². The molecular weight excluding hydrogens is 329 g/mol. The van der Waals surface area contributed by atoms with Crippen LogP contribution in [0.1, 0.15) is 0 Å². The largest absolute Gasteiger partial charge is 0.497 e. The number of thioether (sulfide) groups is 1. The van der Waals surface area contributed by atoms with E-state index in [9.17, 15) is 21.6 Å². The van der Waals surface area contributed by atoms with E-state index in [1.54, 1.807) is 30.3 Å². The van der Waals surface area contributed by atoms with Crippen molar-refractivity contribution < 1.29 is 21.6 Å². The molecule has 0 N–H and O–H groups in total. The van der Waals surface area contributed by atoms with Crippen LogP contribution in [0.25, 0.3) is 5.69 Å². The first kappa shape index (κ1) is 15.8. The summed E-state index contributed by atoms with van der Waals surface area (Å²) in [6.07, 6.45) is 0. The Morgan fingerprint density at radius 1 is 1.19 bits per heavy atom. The molecule has 6 nitrogen and oxygen atoms in total. The Morgan fingerprint density at radius 3 is 2.48 bits per heavy atom. The van der Waals surface area contributed by atoms with Crippen molar-refractivity contribution in [3.05, 3.63) is 30.3 Å². The maximum Gasteiger partial charge on any atom is 0.497 e. The normalized spacial score (nSPS) is 12.5. The third kappa shape index (κ3) is 3.73. The lowest BCUT2D eigenvalue weighted by Crippen LogP contribution is -2.27. The standard InChI is InChI=1S/C10H9F3N4O2S2/c11-10(12,13)21(18,19)7-6-20-9-14-15-16-17(9)8-4-2-1-3-5-8/h1-5H,6-7H2. The Balaban J connectivity index is 2.05. The van der Waals surface area contributed by atoms with Gasteiger partial charge < -0.3 is 0 Å². The van der Waals surface area contributed by atoms with Gasteiger partial charge in [-0.15, -0.1) is 5.10 Å². The summed E-state index contributed by atoms with van der Waals surface area (Å²) in [5.74, 6) is -1.32. The fourth-order valence-electron chi connectivity index (χ4n) is 1.36. The molecular formula is C10H9F3N4O2S2. The molecule has 0 fully saturated rings. The van der Waals surface area contributed by atoms with Crippen LogP contribution in [-0.4, -0.2) is 45.6 Å². The highest BCUT2D eigenvalue weighted by molar-refractivity contribution is 8.00. The minimum absolute atomic E-state index is 0.221. The van der Waals surface area contributed by atoms with Gasteiger partial charge in [-0.1, -0.05) is 30.0 Å². The zero-order valence-corrected chi connectivity index (χ0v) is 12.0. The topological polar surface area (TPSA) is 77.7 Å². The number of rotatable bonds is 5. The number of nitrogens with zero attached hydrogens (tertiary/aromatic N) is 4. The summed E-state index contributed by atoms with van der Waals surface area (Å²) in [5, 5.41) is 11.0. The minimum Gasteiger partial charge on any atom is -0.220 e. The summed E-state index contributed by atoms with van der Waals surface area (Å²) >= 11 is 0.839. The molecule has 114 valence electrons. The fraction of sp³-hybridized carbons (Fsp3) is 0.300. The minimum atomic E-state index is -5.24. The number of halogens is 3. The van der Waals surface area contributed by atoms with Crippen LogP contribution < -0.4 is 0 Å². The first-order valence-corrected chi connectivity index (χ1v) is 8.21. The van der Waals surface area contributed by atoms with Crippen LogP contribution in [0.5, 0.6) is 0 Å². The van der Waals surface area contributed by atoms with Gasteiger partial charge in [-0.2, -0.15) is 17.9 Å². The highest BCUT2D eigenvalue weighted by Crippen LogP contribution is 2.26. The van der Waals surface area contributed by atoms with E-state index in [0.717, 1.165) is 11.8 Å². The van der Waals surface area contributed by atoms with Gasteiger partial charge in [-0.05, 0) is 22.6 Å². The summed E-state index contributed by atoms with van der Waals surface area (Å²) < 4.78 is 59.8. The molecule has 2 rings (SSSR count). The highest BCUT2D eigenvalue weighted by Gasteiger charge is 2.44. The average molecular weight is 338 g/mol. The Labute approximate surface area is 122 Å². The van der Waals surface area contributed by atoms with Crippen molar-refractivity contribution in [1.82, 2.24) is 20.2 Å². The summed E-state index contributed by atoms with van der Waals surface area (Å²) in [6, 6.07) is 8.72. The van der Waals surface area contributed by atoms with E-state index in [1.165, 1.54) is 4.68 Å². The number of tetrazole rings is 1. The van der Waals surface area contributed by atoms with Gasteiger partial charge >= 0.3 is 5.51 Å². The van der Waals surface area contributed by atoms with Crippen molar-refractivity contribution in [2.45, 2.75) is 10.7 Å². The molecule has 11 heteroatoms. The van der Waals surface area contributed by atoms with Crippen LogP contribution in [0.2, 0.25) is 0 Å². The molecule has 0 atom stereocenters. The maximum atomic E-state index is 12.2. The zero-order valence-electron chi connectivity index (χ0n) is 10.4. The number of hydrogen-bond acceptors (Lipinski definition) is 6. The number of benzene rings is 1. The van der Waals surface area contributed by atoms with Gasteiger partial charge in [-0.3, -0.25) is 0 Å². The van der Waals surface area contributed by atoms with Gasteiger partial charge in [0.1, 0.15) is 0 Å². The lowest BCUT2D eigenvalue weighted by atomic mass is 10.3. The van der Waals surface area contributed by atoms with Crippen molar-refractivity contribution >= 4 is 21.6 Å². The molecule has 0 spiro atoms. The Morgan fingerprint density at radius 2 is 1.86 bits per heavy atom. The molecule has 0 unspecified atom stereocenters. The van der Waals surface area contributed by atoms with Crippen LogP contribution in [0.3, 0.4) is 0 Å². The quantitative estimate of drug-likeness (QED) is 0.772. The lowest BCUT2D eigenvalue weighted by Gasteiger charge is -2.07. The highest BCUT2D eigenvalue weighted by atomic mass is 32.2. The van der Waals surface area contributed by atoms with E-state index in [0.29, 0.717) is 5.69 Å². The predicted octanol–water partition coefficient (Wildman–Crippen LogP) is 1.69. The van der Waals surface area contributed by atoms with Gasteiger partial charge in [0.25, 0.3) is 0 Å². The van der Waals surface area contributed by atoms with E-state index in [4.69, 9.17) is 0 Å². The molecule has 0 bridgehead atoms.